The maximum atomic E-state index is 12.8. The molecule has 3 aromatic carbocycles. The van der Waals surface area contributed by atoms with Crippen molar-refractivity contribution in [3.63, 3.8) is 0 Å². The molecule has 1 amide bonds. The zero-order valence-corrected chi connectivity index (χ0v) is 27.7. The van der Waals surface area contributed by atoms with E-state index in [2.05, 4.69) is 49.8 Å². The van der Waals surface area contributed by atoms with E-state index in [4.69, 9.17) is 36.4 Å². The number of carbonyl (C=O) groups is 2. The zero-order valence-electron chi connectivity index (χ0n) is 24.7. The largest absolute Gasteiger partial charge is 0.493 e. The lowest BCUT2D eigenvalue weighted by atomic mass is 9.95. The summed E-state index contributed by atoms with van der Waals surface area (Å²) < 4.78 is 23.6. The number of para-hydroxylation sites is 1. The predicted molar refractivity (Wildman–Crippen MR) is 180 cm³/mol. The van der Waals surface area contributed by atoms with E-state index >= 15 is 0 Å². The van der Waals surface area contributed by atoms with Gasteiger partial charge in [-0.2, -0.15) is 10.4 Å². The third-order valence-corrected chi connectivity index (χ3v) is 7.32. The Morgan fingerprint density at radius 1 is 1.13 bits per heavy atom. The van der Waals surface area contributed by atoms with Crippen molar-refractivity contribution >= 4 is 58.0 Å². The van der Waals surface area contributed by atoms with Crippen molar-refractivity contribution in [1.29, 1.82) is 5.26 Å². The van der Waals surface area contributed by atoms with Crippen molar-refractivity contribution in [2.24, 2.45) is 5.10 Å². The smallest absolute Gasteiger partial charge is 0.338 e. The normalized spacial score (nSPS) is 14.2. The summed E-state index contributed by atoms with van der Waals surface area (Å²) in [5.41, 5.74) is 6.02. The minimum absolute atomic E-state index is 0.214. The number of esters is 1. The Hall–Kier alpha value is -4.68. The molecule has 1 atom stereocenters. The molecular weight excluding hydrogens is 709 g/mol. The Morgan fingerprint density at radius 3 is 2.60 bits per heavy atom. The molecule has 232 valence electrons. The topological polar surface area (TPSA) is 143 Å². The first-order valence-corrected chi connectivity index (χ1v) is 15.2. The number of nitriles is 1. The summed E-state index contributed by atoms with van der Waals surface area (Å²) >= 11 is 7.48. The van der Waals surface area contributed by atoms with Crippen LogP contribution in [0.5, 0.6) is 17.2 Å². The first kappa shape index (κ1) is 33.2. The van der Waals surface area contributed by atoms with Crippen LogP contribution in [0.1, 0.15) is 42.1 Å². The van der Waals surface area contributed by atoms with Crippen molar-refractivity contribution in [3.8, 4) is 23.3 Å². The number of hydrogen-bond donors (Lipinski definition) is 3. The number of benzene rings is 3. The van der Waals surface area contributed by atoms with Crippen LogP contribution in [0.4, 0.5) is 0 Å². The average Bonchev–Trinajstić information content (AvgIpc) is 3.03. The highest BCUT2D eigenvalue weighted by Gasteiger charge is 2.32. The molecule has 0 saturated carbocycles. The first-order chi connectivity index (χ1) is 21.7. The molecule has 0 bridgehead atoms. The van der Waals surface area contributed by atoms with Crippen molar-refractivity contribution in [2.75, 3.05) is 20.3 Å². The maximum absolute atomic E-state index is 12.8. The Labute approximate surface area is 279 Å². The maximum Gasteiger partial charge on any atom is 0.338 e. The molecule has 0 fully saturated rings. The number of hydrogen-bond acceptors (Lipinski definition) is 9. The van der Waals surface area contributed by atoms with Crippen molar-refractivity contribution in [3.05, 3.63) is 97.8 Å². The minimum atomic E-state index is -0.645. The van der Waals surface area contributed by atoms with E-state index in [1.54, 1.807) is 50.2 Å². The summed E-state index contributed by atoms with van der Waals surface area (Å²) in [6, 6.07) is 19.2. The molecular formula is C32H30IN5O6S. The number of halogens is 1. The second-order valence-electron chi connectivity index (χ2n) is 9.53. The Kier molecular flexibility index (Phi) is 11.7. The van der Waals surface area contributed by atoms with Crippen LogP contribution in [0.3, 0.4) is 0 Å². The molecule has 0 spiro atoms. The van der Waals surface area contributed by atoms with Crippen LogP contribution in [0.2, 0.25) is 0 Å². The lowest BCUT2D eigenvalue weighted by Crippen LogP contribution is -2.45. The first-order valence-electron chi connectivity index (χ1n) is 13.7. The molecule has 1 aliphatic rings. The van der Waals surface area contributed by atoms with E-state index in [0.29, 0.717) is 50.3 Å². The second kappa shape index (κ2) is 15.9. The fourth-order valence-electron chi connectivity index (χ4n) is 4.43. The van der Waals surface area contributed by atoms with Crippen LogP contribution in [0, 0.1) is 14.9 Å². The Balaban J connectivity index is 1.45. The Bertz CT molecular complexity index is 1690. The van der Waals surface area contributed by atoms with Crippen LogP contribution in [0.15, 0.2) is 77.0 Å². The van der Waals surface area contributed by atoms with E-state index in [1.807, 2.05) is 24.3 Å². The van der Waals surface area contributed by atoms with Gasteiger partial charge in [0.25, 0.3) is 5.91 Å². The van der Waals surface area contributed by atoms with Gasteiger partial charge in [-0.25, -0.2) is 10.2 Å². The molecule has 3 aromatic rings. The van der Waals surface area contributed by atoms with Crippen molar-refractivity contribution in [1.82, 2.24) is 16.1 Å². The number of hydrazone groups is 1. The molecule has 1 heterocycles. The minimum Gasteiger partial charge on any atom is -0.493 e. The number of nitrogens with one attached hydrogen (secondary N) is 3. The molecule has 0 saturated heterocycles. The Morgan fingerprint density at radius 2 is 1.89 bits per heavy atom. The fraction of sp³-hybridized carbons (Fsp3) is 0.219. The lowest BCUT2D eigenvalue weighted by molar-refractivity contribution is -0.139. The van der Waals surface area contributed by atoms with Crippen LogP contribution < -0.4 is 30.3 Å². The second-order valence-corrected chi connectivity index (χ2v) is 11.2. The standard InChI is InChI=1S/C32H30IN5O6S/c1-4-42-31(40)28-19(2)36-32(45)37-29(28)24-7-5-6-8-25(24)43-18-27(39)38-35-16-22-13-23(33)14-26(41-3)30(22)44-17-21-11-9-20(15-34)10-12-21/h5-14,16,29H,4,17-18H2,1-3H3,(H,38,39)(H2,36,37,45)/t29-/m1/s1. The molecule has 1 aliphatic heterocycles. The molecule has 11 nitrogen and oxygen atoms in total. The number of rotatable bonds is 12. The number of nitrogens with zero attached hydrogens (tertiary/aromatic N) is 2. The molecule has 4 rings (SSSR count). The van der Waals surface area contributed by atoms with Crippen LogP contribution in [-0.2, 0) is 20.9 Å². The predicted octanol–water partition coefficient (Wildman–Crippen LogP) is 4.64. The molecule has 0 aromatic heterocycles. The van der Waals surface area contributed by atoms with Gasteiger partial charge in [-0.3, -0.25) is 4.79 Å². The van der Waals surface area contributed by atoms with E-state index in [-0.39, 0.29) is 19.8 Å². The van der Waals surface area contributed by atoms with Gasteiger partial charge in [0.2, 0.25) is 0 Å². The summed E-state index contributed by atoms with van der Waals surface area (Å²) in [5.74, 6) is 0.329. The number of thiocarbonyl (C=S) groups is 1. The van der Waals surface area contributed by atoms with Gasteiger partial charge in [0.05, 0.1) is 43.2 Å². The van der Waals surface area contributed by atoms with Crippen LogP contribution in [-0.4, -0.2) is 43.5 Å². The van der Waals surface area contributed by atoms with Crippen LogP contribution in [0.25, 0.3) is 0 Å². The summed E-state index contributed by atoms with van der Waals surface area (Å²) in [6.45, 7) is 3.57. The number of ether oxygens (including phenoxy) is 4. The number of amides is 1. The molecule has 0 radical (unpaired) electrons. The van der Waals surface area contributed by atoms with Gasteiger partial charge in [-0.05, 0) is 84.6 Å². The molecule has 0 aliphatic carbocycles. The van der Waals surface area contributed by atoms with E-state index in [1.165, 1.54) is 13.3 Å². The van der Waals surface area contributed by atoms with Gasteiger partial charge in [0, 0.05) is 20.4 Å². The summed E-state index contributed by atoms with van der Waals surface area (Å²) in [5, 5.41) is 19.5. The number of methoxy groups -OCH3 is 1. The third-order valence-electron chi connectivity index (χ3n) is 6.48. The highest BCUT2D eigenvalue weighted by molar-refractivity contribution is 14.1. The van der Waals surface area contributed by atoms with E-state index < -0.39 is 17.9 Å². The van der Waals surface area contributed by atoms with Crippen molar-refractivity contribution < 1.29 is 28.5 Å². The highest BCUT2D eigenvalue weighted by atomic mass is 127. The molecule has 13 heteroatoms. The van der Waals surface area contributed by atoms with Gasteiger partial charge < -0.3 is 29.6 Å². The van der Waals surface area contributed by atoms with Gasteiger partial charge in [0.15, 0.2) is 23.2 Å². The summed E-state index contributed by atoms with van der Waals surface area (Å²) in [7, 11) is 1.54. The summed E-state index contributed by atoms with van der Waals surface area (Å²) in [4.78, 5) is 25.5. The SMILES string of the molecule is CCOC(=O)C1=C(C)NC(=S)N[C@@H]1c1ccccc1OCC(=O)NN=Cc1cc(I)cc(OC)c1OCc1ccc(C#N)cc1. The van der Waals surface area contributed by atoms with Gasteiger partial charge in [-0.1, -0.05) is 30.3 Å². The van der Waals surface area contributed by atoms with E-state index in [0.717, 1.165) is 9.13 Å². The lowest BCUT2D eigenvalue weighted by Gasteiger charge is -2.30. The van der Waals surface area contributed by atoms with E-state index in [9.17, 15) is 9.59 Å². The van der Waals surface area contributed by atoms with Gasteiger partial charge >= 0.3 is 5.97 Å². The zero-order chi connectivity index (χ0) is 32.3. The third kappa shape index (κ3) is 8.70. The average molecular weight is 740 g/mol. The van der Waals surface area contributed by atoms with Gasteiger partial charge in [-0.15, -0.1) is 0 Å². The summed E-state index contributed by atoms with van der Waals surface area (Å²) in [6.07, 6.45) is 1.46. The monoisotopic (exact) mass is 739 g/mol. The highest BCUT2D eigenvalue weighted by Crippen LogP contribution is 2.34. The number of allylic oxidation sites excluding steroid dienone is 1. The molecule has 45 heavy (non-hydrogen) atoms. The van der Waals surface area contributed by atoms with Crippen molar-refractivity contribution in [2.45, 2.75) is 26.5 Å². The fourth-order valence-corrected chi connectivity index (χ4v) is 5.32. The molecule has 3 N–H and O–H groups in total. The van der Waals surface area contributed by atoms with Crippen LogP contribution >= 0.6 is 34.8 Å². The quantitative estimate of drug-likeness (QED) is 0.0791. The van der Waals surface area contributed by atoms with Gasteiger partial charge in [0.1, 0.15) is 12.4 Å². The number of carbonyl (C=O) groups excluding carboxylic acids is 2. The molecule has 0 unspecified atom stereocenters.